The zero-order valence-electron chi connectivity index (χ0n) is 37.4. The molecule has 0 aliphatic carbocycles. The number of hydrogen-bond donors (Lipinski definition) is 0. The number of hydrogen-bond acceptors (Lipinski definition) is 13. The molecule has 0 aromatic heterocycles. The summed E-state index contributed by atoms with van der Waals surface area (Å²) in [5.74, 6) is -2.83. The zero-order valence-corrected chi connectivity index (χ0v) is 37.4. The molecule has 1 fully saturated rings. The van der Waals surface area contributed by atoms with Crippen LogP contribution in [0.3, 0.4) is 0 Å². The zero-order chi connectivity index (χ0) is 47.3. The van der Waals surface area contributed by atoms with Crippen molar-refractivity contribution in [1.29, 1.82) is 0 Å². The topological polar surface area (TPSA) is 159 Å². The lowest BCUT2D eigenvalue weighted by atomic mass is 9.94. The van der Waals surface area contributed by atoms with Crippen LogP contribution in [0.1, 0.15) is 85.8 Å². The van der Waals surface area contributed by atoms with Crippen LogP contribution in [0.4, 0.5) is 0 Å². The van der Waals surface area contributed by atoms with E-state index in [2.05, 4.69) is 0 Å². The van der Waals surface area contributed by atoms with Gasteiger partial charge in [-0.2, -0.15) is 0 Å². The average molecular weight is 907 g/mol. The van der Waals surface area contributed by atoms with E-state index in [1.165, 1.54) is 26.0 Å². The molecule has 1 aliphatic heterocycles. The Morgan fingerprint density at radius 3 is 1.49 bits per heavy atom. The molecule has 1 aliphatic rings. The minimum absolute atomic E-state index is 0.0271. The van der Waals surface area contributed by atoms with Gasteiger partial charge in [0.1, 0.15) is 30.3 Å². The van der Waals surface area contributed by atoms with E-state index < -0.39 is 66.7 Å². The summed E-state index contributed by atoms with van der Waals surface area (Å²) in [6.07, 6.45) is -8.89. The Bertz CT molecular complexity index is 2600. The van der Waals surface area contributed by atoms with E-state index in [4.69, 9.17) is 37.9 Å². The Labute approximate surface area is 388 Å². The largest absolute Gasteiger partial charge is 0.491 e. The lowest BCUT2D eigenvalue weighted by Crippen LogP contribution is -2.65. The van der Waals surface area contributed by atoms with Gasteiger partial charge in [-0.1, -0.05) is 97.1 Å². The Hall–Kier alpha value is -7.77. The summed E-state index contributed by atoms with van der Waals surface area (Å²) in [5, 5.41) is 0. The molecule has 6 aromatic carbocycles. The monoisotopic (exact) mass is 906 g/mol. The highest BCUT2D eigenvalue weighted by Gasteiger charge is 2.56. The first kappa shape index (κ1) is 47.2. The first-order chi connectivity index (χ1) is 32.4. The number of esters is 5. The van der Waals surface area contributed by atoms with Crippen molar-refractivity contribution in [2.24, 2.45) is 0 Å². The molecule has 0 unspecified atom stereocenters. The Kier molecular flexibility index (Phi) is 15.8. The van der Waals surface area contributed by atoms with Gasteiger partial charge in [0.05, 0.1) is 28.4 Å². The number of carbonyl (C=O) groups is 5. The van der Waals surface area contributed by atoms with Crippen LogP contribution in [-0.2, 0) is 46.2 Å². The third-order valence-corrected chi connectivity index (χ3v) is 10.6. The van der Waals surface area contributed by atoms with Crippen LogP contribution in [0.5, 0.6) is 11.5 Å². The maximum Gasteiger partial charge on any atom is 0.338 e. The van der Waals surface area contributed by atoms with Crippen LogP contribution in [0.2, 0.25) is 0 Å². The van der Waals surface area contributed by atoms with Crippen LogP contribution in [0, 0.1) is 0 Å². The molecule has 0 bridgehead atoms. The van der Waals surface area contributed by atoms with Crippen molar-refractivity contribution < 1.29 is 61.9 Å². The summed E-state index contributed by atoms with van der Waals surface area (Å²) < 4.78 is 49.6. The van der Waals surface area contributed by atoms with E-state index >= 15 is 0 Å². The number of carbonyl (C=O) groups excluding carboxylic acids is 5. The Morgan fingerprint density at radius 2 is 1.00 bits per heavy atom. The molecule has 0 radical (unpaired) electrons. The van der Waals surface area contributed by atoms with Gasteiger partial charge in [-0.25, -0.2) is 19.2 Å². The van der Waals surface area contributed by atoms with E-state index in [1.807, 2.05) is 38.1 Å². The normalized spacial score (nSPS) is 18.1. The van der Waals surface area contributed by atoms with Crippen molar-refractivity contribution in [2.45, 2.75) is 83.6 Å². The van der Waals surface area contributed by atoms with Crippen LogP contribution < -0.4 is 9.47 Å². The smallest absolute Gasteiger partial charge is 0.338 e. The van der Waals surface area contributed by atoms with Crippen LogP contribution >= 0.6 is 0 Å². The molecule has 1 heterocycles. The van der Waals surface area contributed by atoms with Gasteiger partial charge in [-0.15, -0.1) is 0 Å². The quantitative estimate of drug-likeness (QED) is 0.0631. The van der Waals surface area contributed by atoms with Gasteiger partial charge in [0.2, 0.25) is 12.4 Å². The predicted molar refractivity (Wildman–Crippen MR) is 244 cm³/mol. The fourth-order valence-corrected chi connectivity index (χ4v) is 7.31. The van der Waals surface area contributed by atoms with E-state index in [9.17, 15) is 24.0 Å². The maximum atomic E-state index is 14.2. The van der Waals surface area contributed by atoms with Gasteiger partial charge in [0.15, 0.2) is 12.2 Å². The van der Waals surface area contributed by atoms with Crippen LogP contribution in [-0.4, -0.2) is 72.8 Å². The summed E-state index contributed by atoms with van der Waals surface area (Å²) in [6.45, 7) is 6.61. The summed E-state index contributed by atoms with van der Waals surface area (Å²) in [5.41, 5.74) is 2.73. The number of benzene rings is 6. The Balaban J connectivity index is 1.36. The van der Waals surface area contributed by atoms with E-state index in [1.54, 1.807) is 127 Å². The molecule has 13 nitrogen and oxygen atoms in total. The molecule has 6 atom stereocenters. The molecule has 7 rings (SSSR count). The SMILES string of the molecule is CC(=O)OCc1ccc(Cc2ccc(OC(C)C)cc2)c(O[C@@H]2O[C@H]([C@@H](C)OC(=O)c3ccccc3)[C@@H](OC(=O)c3ccccc3)[C@H](OC(=O)c3ccccc3)[C@H]2OC(=O)c2ccccc2)c1. The highest BCUT2D eigenvalue weighted by atomic mass is 16.7. The highest BCUT2D eigenvalue weighted by molar-refractivity contribution is 5.91. The summed E-state index contributed by atoms with van der Waals surface area (Å²) >= 11 is 0. The predicted octanol–water partition coefficient (Wildman–Crippen LogP) is 9.15. The second-order valence-corrected chi connectivity index (χ2v) is 16.0. The van der Waals surface area contributed by atoms with Gasteiger partial charge in [-0.05, 0) is 104 Å². The van der Waals surface area contributed by atoms with Crippen molar-refractivity contribution in [3.8, 4) is 11.5 Å². The lowest BCUT2D eigenvalue weighted by molar-refractivity contribution is -0.284. The Morgan fingerprint density at radius 1 is 0.537 bits per heavy atom. The summed E-state index contributed by atoms with van der Waals surface area (Å²) in [6, 6.07) is 45.4. The maximum absolute atomic E-state index is 14.2. The molecule has 1 saturated heterocycles. The molecule has 6 aromatic rings. The molecular formula is C54H50O13. The number of ether oxygens (including phenoxy) is 8. The summed E-state index contributed by atoms with van der Waals surface area (Å²) in [4.78, 5) is 68.1. The van der Waals surface area contributed by atoms with Gasteiger partial charge < -0.3 is 37.9 Å². The van der Waals surface area contributed by atoms with Crippen molar-refractivity contribution in [2.75, 3.05) is 0 Å². The molecule has 0 saturated carbocycles. The lowest BCUT2D eigenvalue weighted by Gasteiger charge is -2.45. The van der Waals surface area contributed by atoms with Crippen molar-refractivity contribution in [3.63, 3.8) is 0 Å². The molecule has 0 amide bonds. The third-order valence-electron chi connectivity index (χ3n) is 10.6. The number of rotatable bonds is 17. The second-order valence-electron chi connectivity index (χ2n) is 16.0. The van der Waals surface area contributed by atoms with Crippen molar-refractivity contribution in [3.05, 3.63) is 203 Å². The molecule has 13 heteroatoms. The average Bonchev–Trinajstić information content (AvgIpc) is 3.34. The first-order valence-corrected chi connectivity index (χ1v) is 21.8. The third kappa shape index (κ3) is 12.7. The van der Waals surface area contributed by atoms with E-state index in [-0.39, 0.29) is 40.7 Å². The molecule has 0 N–H and O–H groups in total. The van der Waals surface area contributed by atoms with Crippen molar-refractivity contribution in [1.82, 2.24) is 0 Å². The van der Waals surface area contributed by atoms with Crippen LogP contribution in [0.15, 0.2) is 164 Å². The van der Waals surface area contributed by atoms with Gasteiger partial charge in [-0.3, -0.25) is 4.79 Å². The molecular weight excluding hydrogens is 857 g/mol. The molecule has 67 heavy (non-hydrogen) atoms. The minimum atomic E-state index is -1.66. The first-order valence-electron chi connectivity index (χ1n) is 21.8. The summed E-state index contributed by atoms with van der Waals surface area (Å²) in [7, 11) is 0. The fraction of sp³-hybridized carbons (Fsp3) is 0.241. The second kappa shape index (κ2) is 22.4. The van der Waals surface area contributed by atoms with E-state index in [0.717, 1.165) is 5.56 Å². The van der Waals surface area contributed by atoms with Gasteiger partial charge in [0, 0.05) is 13.3 Å². The minimum Gasteiger partial charge on any atom is -0.491 e. The van der Waals surface area contributed by atoms with Gasteiger partial charge in [0.25, 0.3) is 0 Å². The fourth-order valence-electron chi connectivity index (χ4n) is 7.31. The standard InChI is InChI=1S/C54H50O13/c1-34(2)61-44-29-26-37(27-30-44)31-43-28-25-38(33-60-36(4)55)32-45(43)63-54-49(66-53(59)42-23-15-8-16-24-42)48(65-52(58)41-21-13-7-14-22-41)47(64-51(57)40-19-11-6-12-20-40)46(67-54)35(3)62-50(56)39-17-9-5-10-18-39/h5-30,32,34-35,46-49,54H,31,33H2,1-4H3/t35-,46-,47-,48+,49-,54-/m1/s1. The highest BCUT2D eigenvalue weighted by Crippen LogP contribution is 2.36. The van der Waals surface area contributed by atoms with Crippen LogP contribution in [0.25, 0.3) is 0 Å². The molecule has 344 valence electrons. The van der Waals surface area contributed by atoms with Gasteiger partial charge >= 0.3 is 29.8 Å². The van der Waals surface area contributed by atoms with E-state index in [0.29, 0.717) is 23.3 Å². The molecule has 0 spiro atoms. The van der Waals surface area contributed by atoms with Crippen molar-refractivity contribution >= 4 is 29.8 Å².